The van der Waals surface area contributed by atoms with Gasteiger partial charge < -0.3 is 10.6 Å². The average molecular weight is 324 g/mol. The minimum atomic E-state index is -1.10. The van der Waals surface area contributed by atoms with Gasteiger partial charge in [0.1, 0.15) is 6.04 Å². The van der Waals surface area contributed by atoms with E-state index in [0.29, 0.717) is 4.88 Å². The SMILES string of the molecule is CNC(=O)[C@H](NC(=O)c1ccc(C)s1)c1ccc(F)c(F)c1. The second-order valence-electron chi connectivity index (χ2n) is 4.60. The molecule has 0 spiro atoms. The van der Waals surface area contributed by atoms with Gasteiger partial charge in [-0.2, -0.15) is 0 Å². The van der Waals surface area contributed by atoms with E-state index in [2.05, 4.69) is 10.6 Å². The van der Waals surface area contributed by atoms with Gasteiger partial charge in [0.05, 0.1) is 4.88 Å². The lowest BCUT2D eigenvalue weighted by molar-refractivity contribution is -0.122. The first-order valence-corrected chi connectivity index (χ1v) is 7.28. The van der Waals surface area contributed by atoms with Crippen LogP contribution in [0.3, 0.4) is 0 Å². The lowest BCUT2D eigenvalue weighted by Crippen LogP contribution is -2.38. The van der Waals surface area contributed by atoms with Gasteiger partial charge in [-0.05, 0) is 36.8 Å². The number of rotatable bonds is 4. The van der Waals surface area contributed by atoms with Crippen LogP contribution in [0.1, 0.15) is 26.2 Å². The highest BCUT2D eigenvalue weighted by Gasteiger charge is 2.24. The zero-order valence-electron chi connectivity index (χ0n) is 11.9. The van der Waals surface area contributed by atoms with Gasteiger partial charge >= 0.3 is 0 Å². The molecule has 0 fully saturated rings. The number of nitrogens with one attached hydrogen (secondary N) is 2. The van der Waals surface area contributed by atoms with Crippen LogP contribution < -0.4 is 10.6 Å². The van der Waals surface area contributed by atoms with E-state index in [4.69, 9.17) is 0 Å². The molecule has 2 amide bonds. The molecule has 1 aromatic heterocycles. The van der Waals surface area contributed by atoms with Gasteiger partial charge in [0.15, 0.2) is 11.6 Å². The van der Waals surface area contributed by atoms with Crippen molar-refractivity contribution in [1.82, 2.24) is 10.6 Å². The van der Waals surface area contributed by atoms with Crippen molar-refractivity contribution >= 4 is 23.2 Å². The first kappa shape index (κ1) is 16.1. The standard InChI is InChI=1S/C15H14F2N2O2S/c1-8-3-6-12(22-8)14(20)19-13(15(21)18-2)9-4-5-10(16)11(17)7-9/h3-7,13H,1-2H3,(H,18,21)(H,19,20)/t13-/m1/s1. The Morgan fingerprint density at radius 1 is 1.14 bits per heavy atom. The van der Waals surface area contributed by atoms with E-state index in [9.17, 15) is 18.4 Å². The minimum absolute atomic E-state index is 0.167. The van der Waals surface area contributed by atoms with E-state index in [0.717, 1.165) is 17.0 Å². The third-order valence-electron chi connectivity index (χ3n) is 3.03. The summed E-state index contributed by atoms with van der Waals surface area (Å²) in [6.07, 6.45) is 0. The molecular weight excluding hydrogens is 310 g/mol. The number of benzene rings is 1. The van der Waals surface area contributed by atoms with Crippen molar-refractivity contribution in [3.05, 3.63) is 57.3 Å². The molecule has 22 heavy (non-hydrogen) atoms. The third kappa shape index (κ3) is 3.48. The van der Waals surface area contributed by atoms with Crippen LogP contribution in [0.5, 0.6) is 0 Å². The van der Waals surface area contributed by atoms with Crippen molar-refractivity contribution < 1.29 is 18.4 Å². The molecule has 7 heteroatoms. The molecule has 1 heterocycles. The molecule has 116 valence electrons. The molecule has 2 rings (SSSR count). The van der Waals surface area contributed by atoms with E-state index in [-0.39, 0.29) is 5.56 Å². The summed E-state index contributed by atoms with van der Waals surface area (Å²) in [5, 5.41) is 4.92. The molecular formula is C15H14F2N2O2S. The molecule has 0 bridgehead atoms. The molecule has 0 aliphatic rings. The van der Waals surface area contributed by atoms with Gasteiger partial charge in [0, 0.05) is 11.9 Å². The van der Waals surface area contributed by atoms with Crippen LogP contribution in [0.2, 0.25) is 0 Å². The third-order valence-corrected chi connectivity index (χ3v) is 4.02. The highest BCUT2D eigenvalue weighted by molar-refractivity contribution is 7.13. The number of carbonyl (C=O) groups is 2. The fourth-order valence-electron chi connectivity index (χ4n) is 1.90. The molecule has 4 nitrogen and oxygen atoms in total. The lowest BCUT2D eigenvalue weighted by Gasteiger charge is -2.17. The molecule has 1 aromatic carbocycles. The van der Waals surface area contributed by atoms with Crippen molar-refractivity contribution in [2.45, 2.75) is 13.0 Å². The van der Waals surface area contributed by atoms with E-state index in [1.807, 2.05) is 6.92 Å². The predicted octanol–water partition coefficient (Wildman–Crippen LogP) is 2.55. The molecule has 0 saturated heterocycles. The summed E-state index contributed by atoms with van der Waals surface area (Å²) in [5.41, 5.74) is 0.167. The number of hydrogen-bond donors (Lipinski definition) is 2. The quantitative estimate of drug-likeness (QED) is 0.908. The van der Waals surface area contributed by atoms with E-state index in [1.165, 1.54) is 24.5 Å². The number of hydrogen-bond acceptors (Lipinski definition) is 3. The van der Waals surface area contributed by atoms with E-state index in [1.54, 1.807) is 12.1 Å². The normalized spacial score (nSPS) is 11.8. The van der Waals surface area contributed by atoms with Crippen LogP contribution in [0.25, 0.3) is 0 Å². The van der Waals surface area contributed by atoms with Crippen molar-refractivity contribution in [2.24, 2.45) is 0 Å². The van der Waals surface area contributed by atoms with Gasteiger partial charge in [0.2, 0.25) is 5.91 Å². The zero-order chi connectivity index (χ0) is 16.3. The van der Waals surface area contributed by atoms with Crippen LogP contribution in [0.4, 0.5) is 8.78 Å². The molecule has 0 radical (unpaired) electrons. The van der Waals surface area contributed by atoms with Gasteiger partial charge in [0.25, 0.3) is 5.91 Å². The molecule has 2 aromatic rings. The highest BCUT2D eigenvalue weighted by atomic mass is 32.1. The summed E-state index contributed by atoms with van der Waals surface area (Å²) in [4.78, 5) is 25.5. The van der Waals surface area contributed by atoms with Crippen LogP contribution in [0, 0.1) is 18.6 Å². The zero-order valence-corrected chi connectivity index (χ0v) is 12.8. The fourth-order valence-corrected chi connectivity index (χ4v) is 2.67. The highest BCUT2D eigenvalue weighted by Crippen LogP contribution is 2.20. The number of amides is 2. The Morgan fingerprint density at radius 3 is 2.41 bits per heavy atom. The van der Waals surface area contributed by atoms with Gasteiger partial charge in [-0.15, -0.1) is 11.3 Å². The summed E-state index contributed by atoms with van der Waals surface area (Å²) < 4.78 is 26.4. The minimum Gasteiger partial charge on any atom is -0.357 e. The van der Waals surface area contributed by atoms with Crippen molar-refractivity contribution in [1.29, 1.82) is 0 Å². The monoisotopic (exact) mass is 324 g/mol. The number of carbonyl (C=O) groups excluding carboxylic acids is 2. The Labute approximate surface area is 130 Å². The van der Waals surface area contributed by atoms with Crippen LogP contribution in [0.15, 0.2) is 30.3 Å². The maximum Gasteiger partial charge on any atom is 0.262 e. The Bertz CT molecular complexity index is 715. The van der Waals surface area contributed by atoms with Crippen molar-refractivity contribution in [3.63, 3.8) is 0 Å². The summed E-state index contributed by atoms with van der Waals surface area (Å²) >= 11 is 1.28. The Kier molecular flexibility index (Phi) is 4.87. The maximum absolute atomic E-state index is 13.4. The Balaban J connectivity index is 2.28. The molecule has 0 unspecified atom stereocenters. The lowest BCUT2D eigenvalue weighted by atomic mass is 10.1. The number of aryl methyl sites for hydroxylation is 1. The fraction of sp³-hybridized carbons (Fsp3) is 0.200. The second-order valence-corrected chi connectivity index (χ2v) is 5.89. The smallest absolute Gasteiger partial charge is 0.262 e. The predicted molar refractivity (Wildman–Crippen MR) is 79.7 cm³/mol. The van der Waals surface area contributed by atoms with Crippen LogP contribution in [-0.2, 0) is 4.79 Å². The Hall–Kier alpha value is -2.28. The molecule has 0 saturated carbocycles. The molecule has 1 atom stereocenters. The summed E-state index contributed by atoms with van der Waals surface area (Å²) in [6.45, 7) is 1.85. The molecule has 0 aliphatic heterocycles. The summed E-state index contributed by atoms with van der Waals surface area (Å²) in [6, 6.07) is 5.40. The average Bonchev–Trinajstić information content (AvgIpc) is 2.93. The summed E-state index contributed by atoms with van der Waals surface area (Å²) in [5.74, 6) is -3.06. The van der Waals surface area contributed by atoms with Gasteiger partial charge in [-0.25, -0.2) is 8.78 Å². The number of thiophene rings is 1. The first-order chi connectivity index (χ1) is 10.4. The van der Waals surface area contributed by atoms with E-state index < -0.39 is 29.5 Å². The van der Waals surface area contributed by atoms with Crippen molar-refractivity contribution in [3.8, 4) is 0 Å². The van der Waals surface area contributed by atoms with Gasteiger partial charge in [-0.3, -0.25) is 9.59 Å². The van der Waals surface area contributed by atoms with Crippen LogP contribution in [-0.4, -0.2) is 18.9 Å². The van der Waals surface area contributed by atoms with Gasteiger partial charge in [-0.1, -0.05) is 6.07 Å². The number of halogens is 2. The van der Waals surface area contributed by atoms with Crippen molar-refractivity contribution in [2.75, 3.05) is 7.05 Å². The Morgan fingerprint density at radius 2 is 1.86 bits per heavy atom. The first-order valence-electron chi connectivity index (χ1n) is 6.46. The summed E-state index contributed by atoms with van der Waals surface area (Å²) in [7, 11) is 1.40. The number of likely N-dealkylation sites (N-methyl/N-ethyl adjacent to an activating group) is 1. The van der Waals surface area contributed by atoms with Crippen LogP contribution >= 0.6 is 11.3 Å². The molecule has 0 aliphatic carbocycles. The second kappa shape index (κ2) is 6.65. The van der Waals surface area contributed by atoms with E-state index >= 15 is 0 Å². The maximum atomic E-state index is 13.4. The largest absolute Gasteiger partial charge is 0.357 e. The topological polar surface area (TPSA) is 58.2 Å². The molecule has 2 N–H and O–H groups in total.